The molecule has 0 spiro atoms. The molecule has 0 bridgehead atoms. The smallest absolute Gasteiger partial charge is 0.126 e. The maximum absolute atomic E-state index is 4.34. The van der Waals surface area contributed by atoms with E-state index in [-0.39, 0.29) is 0 Å². The van der Waals surface area contributed by atoms with Crippen molar-refractivity contribution in [3.8, 4) is 0 Å². The number of thioether (sulfide) groups is 1. The predicted octanol–water partition coefficient (Wildman–Crippen LogP) is 3.40. The molecule has 0 fully saturated rings. The van der Waals surface area contributed by atoms with Gasteiger partial charge in [-0.05, 0) is 31.7 Å². The van der Waals surface area contributed by atoms with Crippen molar-refractivity contribution >= 4 is 17.6 Å². The normalized spacial score (nSPS) is 12.5. The van der Waals surface area contributed by atoms with Gasteiger partial charge in [-0.15, -0.1) is 11.8 Å². The fourth-order valence-corrected chi connectivity index (χ4v) is 1.71. The lowest BCUT2D eigenvalue weighted by Gasteiger charge is -2.13. The Morgan fingerprint density at radius 2 is 2.29 bits per heavy atom. The van der Waals surface area contributed by atoms with Crippen molar-refractivity contribution in [3.05, 3.63) is 18.3 Å². The molecular formula is C11H18N2S. The quantitative estimate of drug-likeness (QED) is 0.754. The molecule has 78 valence electrons. The van der Waals surface area contributed by atoms with Crippen molar-refractivity contribution in [2.24, 2.45) is 0 Å². The number of aromatic nitrogens is 1. The van der Waals surface area contributed by atoms with Crippen LogP contribution in [0, 0.1) is 0 Å². The first-order chi connectivity index (χ1) is 6.76. The van der Waals surface area contributed by atoms with E-state index in [0.29, 0.717) is 6.04 Å². The molecule has 0 amide bonds. The molecule has 14 heavy (non-hydrogen) atoms. The number of rotatable bonds is 5. The van der Waals surface area contributed by atoms with E-state index in [1.165, 1.54) is 17.7 Å². The van der Waals surface area contributed by atoms with Crippen LogP contribution in [0.2, 0.25) is 0 Å². The van der Waals surface area contributed by atoms with Gasteiger partial charge in [-0.25, -0.2) is 4.98 Å². The summed E-state index contributed by atoms with van der Waals surface area (Å²) in [4.78, 5) is 5.55. The summed E-state index contributed by atoms with van der Waals surface area (Å²) in [6.45, 7) is 4.39. The summed E-state index contributed by atoms with van der Waals surface area (Å²) in [6.07, 6.45) is 6.36. The van der Waals surface area contributed by atoms with Gasteiger partial charge in [0.25, 0.3) is 0 Å². The SMILES string of the molecule is CCCC(C)Nc1ccc(SC)cn1. The minimum absolute atomic E-state index is 0.507. The minimum atomic E-state index is 0.507. The Kier molecular flexibility index (Phi) is 4.80. The highest BCUT2D eigenvalue weighted by Gasteiger charge is 2.00. The van der Waals surface area contributed by atoms with E-state index in [2.05, 4.69) is 36.5 Å². The molecule has 1 aromatic rings. The second-order valence-corrected chi connectivity index (χ2v) is 4.30. The lowest BCUT2D eigenvalue weighted by Crippen LogP contribution is -2.15. The molecule has 0 saturated carbocycles. The average Bonchev–Trinajstić information content (AvgIpc) is 2.19. The van der Waals surface area contributed by atoms with Gasteiger partial charge in [0.2, 0.25) is 0 Å². The van der Waals surface area contributed by atoms with E-state index in [0.717, 1.165) is 5.82 Å². The van der Waals surface area contributed by atoms with Crippen molar-refractivity contribution < 1.29 is 0 Å². The summed E-state index contributed by atoms with van der Waals surface area (Å²) in [7, 11) is 0. The van der Waals surface area contributed by atoms with Crippen molar-refractivity contribution in [2.75, 3.05) is 11.6 Å². The Morgan fingerprint density at radius 1 is 1.50 bits per heavy atom. The van der Waals surface area contributed by atoms with Gasteiger partial charge in [-0.1, -0.05) is 13.3 Å². The van der Waals surface area contributed by atoms with E-state index in [1.54, 1.807) is 11.8 Å². The molecule has 0 aromatic carbocycles. The van der Waals surface area contributed by atoms with E-state index in [1.807, 2.05) is 12.3 Å². The van der Waals surface area contributed by atoms with E-state index >= 15 is 0 Å². The Bertz CT molecular complexity index is 258. The number of hydrogen-bond acceptors (Lipinski definition) is 3. The maximum Gasteiger partial charge on any atom is 0.126 e. The molecule has 1 aromatic heterocycles. The second kappa shape index (κ2) is 5.91. The number of anilines is 1. The van der Waals surface area contributed by atoms with Crippen LogP contribution in [-0.4, -0.2) is 17.3 Å². The highest BCUT2D eigenvalue weighted by atomic mass is 32.2. The van der Waals surface area contributed by atoms with E-state index < -0.39 is 0 Å². The number of pyridine rings is 1. The Hall–Kier alpha value is -0.700. The first-order valence-electron chi connectivity index (χ1n) is 5.02. The highest BCUT2D eigenvalue weighted by molar-refractivity contribution is 7.98. The summed E-state index contributed by atoms with van der Waals surface area (Å²) in [6, 6.07) is 4.64. The van der Waals surface area contributed by atoms with Crippen LogP contribution in [0.1, 0.15) is 26.7 Å². The summed E-state index contributed by atoms with van der Waals surface area (Å²) in [5, 5.41) is 3.37. The van der Waals surface area contributed by atoms with Crippen LogP contribution in [0.4, 0.5) is 5.82 Å². The fourth-order valence-electron chi connectivity index (χ4n) is 1.34. The van der Waals surface area contributed by atoms with Gasteiger partial charge >= 0.3 is 0 Å². The topological polar surface area (TPSA) is 24.9 Å². The first-order valence-corrected chi connectivity index (χ1v) is 6.25. The van der Waals surface area contributed by atoms with Crippen LogP contribution in [0.15, 0.2) is 23.2 Å². The van der Waals surface area contributed by atoms with Gasteiger partial charge in [0.15, 0.2) is 0 Å². The highest BCUT2D eigenvalue weighted by Crippen LogP contribution is 2.15. The van der Waals surface area contributed by atoms with Gasteiger partial charge in [-0.3, -0.25) is 0 Å². The standard InChI is InChI=1S/C11H18N2S/c1-4-5-9(2)13-11-7-6-10(14-3)8-12-11/h6-9H,4-5H2,1-3H3,(H,12,13). The molecule has 1 rings (SSSR count). The van der Waals surface area contributed by atoms with E-state index in [9.17, 15) is 0 Å². The molecular weight excluding hydrogens is 192 g/mol. The van der Waals surface area contributed by atoms with Crippen molar-refractivity contribution in [3.63, 3.8) is 0 Å². The summed E-state index contributed by atoms with van der Waals surface area (Å²) in [5.41, 5.74) is 0. The average molecular weight is 210 g/mol. The summed E-state index contributed by atoms with van der Waals surface area (Å²) >= 11 is 1.72. The summed E-state index contributed by atoms with van der Waals surface area (Å²) in [5.74, 6) is 0.976. The molecule has 0 aliphatic heterocycles. The minimum Gasteiger partial charge on any atom is -0.368 e. The lowest BCUT2D eigenvalue weighted by molar-refractivity contribution is 0.687. The molecule has 3 heteroatoms. The molecule has 0 aliphatic carbocycles. The van der Waals surface area contributed by atoms with Gasteiger partial charge in [0, 0.05) is 17.1 Å². The lowest BCUT2D eigenvalue weighted by atomic mass is 10.2. The third-order valence-electron chi connectivity index (χ3n) is 2.09. The molecule has 1 atom stereocenters. The van der Waals surface area contributed by atoms with Crippen molar-refractivity contribution in [1.29, 1.82) is 0 Å². The molecule has 1 heterocycles. The van der Waals surface area contributed by atoms with Crippen LogP contribution in [0.3, 0.4) is 0 Å². The van der Waals surface area contributed by atoms with Gasteiger partial charge < -0.3 is 5.32 Å². The van der Waals surface area contributed by atoms with Gasteiger partial charge in [0.1, 0.15) is 5.82 Å². The van der Waals surface area contributed by atoms with Crippen LogP contribution in [0.5, 0.6) is 0 Å². The summed E-state index contributed by atoms with van der Waals surface area (Å²) < 4.78 is 0. The Labute approximate surface area is 90.5 Å². The first kappa shape index (κ1) is 11.4. The number of nitrogens with one attached hydrogen (secondary N) is 1. The number of hydrogen-bond donors (Lipinski definition) is 1. The fraction of sp³-hybridized carbons (Fsp3) is 0.545. The van der Waals surface area contributed by atoms with Crippen LogP contribution < -0.4 is 5.32 Å². The monoisotopic (exact) mass is 210 g/mol. The zero-order valence-electron chi connectivity index (χ0n) is 9.08. The maximum atomic E-state index is 4.34. The molecule has 0 saturated heterocycles. The zero-order valence-corrected chi connectivity index (χ0v) is 9.90. The van der Waals surface area contributed by atoms with Crippen molar-refractivity contribution in [1.82, 2.24) is 4.98 Å². The van der Waals surface area contributed by atoms with Crippen molar-refractivity contribution in [2.45, 2.75) is 37.6 Å². The molecule has 2 nitrogen and oxygen atoms in total. The molecule has 0 radical (unpaired) electrons. The van der Waals surface area contributed by atoms with Crippen LogP contribution >= 0.6 is 11.8 Å². The Balaban J connectivity index is 2.50. The molecule has 1 unspecified atom stereocenters. The third kappa shape index (κ3) is 3.58. The second-order valence-electron chi connectivity index (χ2n) is 3.42. The van der Waals surface area contributed by atoms with Crippen LogP contribution in [0.25, 0.3) is 0 Å². The third-order valence-corrected chi connectivity index (χ3v) is 2.80. The number of nitrogens with zero attached hydrogens (tertiary/aromatic N) is 1. The van der Waals surface area contributed by atoms with Gasteiger partial charge in [0.05, 0.1) is 0 Å². The largest absolute Gasteiger partial charge is 0.368 e. The van der Waals surface area contributed by atoms with Gasteiger partial charge in [-0.2, -0.15) is 0 Å². The molecule has 1 N–H and O–H groups in total. The predicted molar refractivity (Wildman–Crippen MR) is 64.0 cm³/mol. The Morgan fingerprint density at radius 3 is 2.79 bits per heavy atom. The van der Waals surface area contributed by atoms with Crippen LogP contribution in [-0.2, 0) is 0 Å². The van der Waals surface area contributed by atoms with E-state index in [4.69, 9.17) is 0 Å². The zero-order chi connectivity index (χ0) is 10.4. The molecule has 0 aliphatic rings.